The van der Waals surface area contributed by atoms with Crippen LogP contribution in [0.3, 0.4) is 0 Å². The largest absolute Gasteiger partial charge is 0.416 e. The van der Waals surface area contributed by atoms with Crippen LogP contribution in [0.2, 0.25) is 0 Å². The Hall–Kier alpha value is -4.29. The minimum absolute atomic E-state index is 0.0418. The number of benzene rings is 2. The van der Waals surface area contributed by atoms with Crippen LogP contribution in [0.15, 0.2) is 65.8 Å². The molecule has 0 bridgehead atoms. The molecule has 0 spiro atoms. The van der Waals surface area contributed by atoms with Gasteiger partial charge in [0.2, 0.25) is 0 Å². The summed E-state index contributed by atoms with van der Waals surface area (Å²) in [6, 6.07) is 8.47. The molecule has 0 saturated heterocycles. The zero-order valence-electron chi connectivity index (χ0n) is 17.5. The van der Waals surface area contributed by atoms with Gasteiger partial charge in [0, 0.05) is 22.9 Å². The molecule has 4 aromatic rings. The van der Waals surface area contributed by atoms with E-state index in [1.54, 1.807) is 0 Å². The maximum Gasteiger partial charge on any atom is 0.416 e. The Labute approximate surface area is 196 Å². The van der Waals surface area contributed by atoms with Crippen molar-refractivity contribution in [2.24, 2.45) is 4.99 Å². The average Bonchev–Trinajstić information content (AvgIpc) is 3.14. The Morgan fingerprint density at radius 3 is 2.25 bits per heavy atom. The SMILES string of the molecule is O=C(c1ccc(F)cc1)c1ccc2nc(N=C(F)OC(F)F)c(-c3ccc(C(F)(F)F)cc3F)n2c1. The van der Waals surface area contributed by atoms with Crippen LogP contribution in [0.5, 0.6) is 0 Å². The van der Waals surface area contributed by atoms with Gasteiger partial charge in [-0.1, -0.05) is 0 Å². The number of ketones is 1. The van der Waals surface area contributed by atoms with Gasteiger partial charge < -0.3 is 4.74 Å². The Balaban J connectivity index is 1.91. The number of halogens is 8. The summed E-state index contributed by atoms with van der Waals surface area (Å²) in [6.45, 7) is -3.59. The standard InChI is InChI=1S/C23H11F8N3O2/c24-14-5-1-11(2-6-14)19(35)12-3-8-17-32-20(33-22(28)36-21(26)27)18(34(17)10-12)15-7-4-13(9-16(15)25)23(29,30)31/h1-10,21H. The Morgan fingerprint density at radius 2 is 1.64 bits per heavy atom. The molecule has 13 heteroatoms. The van der Waals surface area contributed by atoms with Crippen LogP contribution in [0.4, 0.5) is 40.9 Å². The molecule has 0 aliphatic carbocycles. The Bertz CT molecular complexity index is 1480. The molecule has 4 rings (SSSR count). The third-order valence-corrected chi connectivity index (χ3v) is 4.90. The van der Waals surface area contributed by atoms with Gasteiger partial charge in [-0.05, 0) is 54.6 Å². The van der Waals surface area contributed by atoms with Gasteiger partial charge in [-0.2, -0.15) is 26.9 Å². The highest BCUT2D eigenvalue weighted by atomic mass is 19.4. The number of imidazole rings is 1. The Kier molecular flexibility index (Phi) is 6.48. The number of alkyl halides is 5. The molecule has 0 unspecified atom stereocenters. The van der Waals surface area contributed by atoms with Crippen molar-refractivity contribution in [2.45, 2.75) is 12.8 Å². The van der Waals surface area contributed by atoms with Crippen molar-refractivity contribution in [3.05, 3.63) is 89.1 Å². The van der Waals surface area contributed by atoms with Crippen molar-refractivity contribution in [1.82, 2.24) is 9.38 Å². The van der Waals surface area contributed by atoms with Crippen LogP contribution >= 0.6 is 0 Å². The first kappa shape index (κ1) is 24.8. The molecule has 36 heavy (non-hydrogen) atoms. The van der Waals surface area contributed by atoms with Crippen LogP contribution in [-0.2, 0) is 10.9 Å². The first-order chi connectivity index (χ1) is 16.9. The monoisotopic (exact) mass is 513 g/mol. The third-order valence-electron chi connectivity index (χ3n) is 4.90. The quantitative estimate of drug-likeness (QED) is 0.129. The summed E-state index contributed by atoms with van der Waals surface area (Å²) in [5, 5.41) is 0. The van der Waals surface area contributed by atoms with E-state index in [1.807, 2.05) is 0 Å². The minimum atomic E-state index is -4.87. The molecule has 2 heterocycles. The fourth-order valence-electron chi connectivity index (χ4n) is 3.33. The van der Waals surface area contributed by atoms with E-state index in [9.17, 15) is 39.9 Å². The van der Waals surface area contributed by atoms with Crippen molar-refractivity contribution in [3.8, 4) is 11.3 Å². The summed E-state index contributed by atoms with van der Waals surface area (Å²) in [7, 11) is 0. The van der Waals surface area contributed by atoms with Gasteiger partial charge in [0.25, 0.3) is 0 Å². The van der Waals surface area contributed by atoms with E-state index in [0.717, 1.165) is 28.8 Å². The fraction of sp³-hybridized carbons (Fsp3) is 0.0870. The highest BCUT2D eigenvalue weighted by molar-refractivity contribution is 6.09. The third kappa shape index (κ3) is 5.04. The average molecular weight is 513 g/mol. The molecule has 5 nitrogen and oxygen atoms in total. The molecule has 0 atom stereocenters. The topological polar surface area (TPSA) is 56.0 Å². The Morgan fingerprint density at radius 1 is 0.972 bits per heavy atom. The summed E-state index contributed by atoms with van der Waals surface area (Å²) < 4.78 is 110. The van der Waals surface area contributed by atoms with Crippen molar-refractivity contribution < 1.29 is 44.7 Å². The molecule has 0 radical (unpaired) electrons. The van der Waals surface area contributed by atoms with Crippen molar-refractivity contribution in [2.75, 3.05) is 0 Å². The molecule has 0 aliphatic rings. The smallest absolute Gasteiger partial charge is 0.393 e. The van der Waals surface area contributed by atoms with Crippen molar-refractivity contribution in [3.63, 3.8) is 0 Å². The number of nitrogens with zero attached hydrogens (tertiary/aromatic N) is 3. The first-order valence-corrected chi connectivity index (χ1v) is 9.82. The van der Waals surface area contributed by atoms with E-state index in [0.29, 0.717) is 6.07 Å². The van der Waals surface area contributed by atoms with E-state index in [2.05, 4.69) is 14.7 Å². The van der Waals surface area contributed by atoms with Crippen LogP contribution in [-0.4, -0.2) is 27.9 Å². The van der Waals surface area contributed by atoms with Gasteiger partial charge in [-0.25, -0.2) is 13.8 Å². The molecule has 186 valence electrons. The number of aromatic nitrogens is 2. The predicted octanol–water partition coefficient (Wildman–Crippen LogP) is 6.73. The molecule has 0 N–H and O–H groups in total. The number of fused-ring (bicyclic) bond motifs is 1. The summed E-state index contributed by atoms with van der Waals surface area (Å²) in [5.41, 5.74) is -2.36. The second-order valence-electron chi connectivity index (χ2n) is 7.20. The van der Waals surface area contributed by atoms with Gasteiger partial charge in [0.15, 0.2) is 11.6 Å². The van der Waals surface area contributed by atoms with E-state index < -0.39 is 59.0 Å². The van der Waals surface area contributed by atoms with E-state index >= 15 is 0 Å². The number of rotatable bonds is 5. The lowest BCUT2D eigenvalue weighted by Gasteiger charge is -2.10. The highest BCUT2D eigenvalue weighted by Crippen LogP contribution is 2.37. The van der Waals surface area contributed by atoms with Gasteiger partial charge in [0.1, 0.15) is 23.0 Å². The summed E-state index contributed by atoms with van der Waals surface area (Å²) >= 11 is 0. The van der Waals surface area contributed by atoms with Crippen LogP contribution in [0.1, 0.15) is 21.5 Å². The summed E-state index contributed by atoms with van der Waals surface area (Å²) in [6.07, 6.45) is -5.79. The van der Waals surface area contributed by atoms with Crippen LogP contribution in [0.25, 0.3) is 16.9 Å². The normalized spacial score (nSPS) is 12.4. The summed E-state index contributed by atoms with van der Waals surface area (Å²) in [4.78, 5) is 19.9. The molecular formula is C23H11F8N3O2. The van der Waals surface area contributed by atoms with Crippen LogP contribution in [0, 0.1) is 11.6 Å². The molecule has 2 aromatic carbocycles. The summed E-state index contributed by atoms with van der Waals surface area (Å²) in [5.74, 6) is -3.32. The molecule has 2 aromatic heterocycles. The molecular weight excluding hydrogens is 502 g/mol. The predicted molar refractivity (Wildman–Crippen MR) is 111 cm³/mol. The molecule has 0 amide bonds. The number of carbonyl (C=O) groups excluding carboxylic acids is 1. The zero-order chi connectivity index (χ0) is 26.2. The molecule has 0 saturated carbocycles. The number of carbonyl (C=O) groups is 1. The molecule has 0 fully saturated rings. The van der Waals surface area contributed by atoms with Crippen molar-refractivity contribution >= 4 is 23.4 Å². The maximum absolute atomic E-state index is 14.8. The number of aliphatic imine (C=N–C) groups is 1. The lowest BCUT2D eigenvalue weighted by molar-refractivity contribution is -0.137. The van der Waals surface area contributed by atoms with E-state index in [-0.39, 0.29) is 22.8 Å². The van der Waals surface area contributed by atoms with E-state index in [1.165, 1.54) is 24.3 Å². The zero-order valence-corrected chi connectivity index (χ0v) is 17.5. The lowest BCUT2D eigenvalue weighted by Crippen LogP contribution is -2.06. The second-order valence-corrected chi connectivity index (χ2v) is 7.20. The van der Waals surface area contributed by atoms with Gasteiger partial charge in [0.05, 0.1) is 5.56 Å². The number of hydrogen-bond acceptors (Lipinski definition) is 4. The minimum Gasteiger partial charge on any atom is -0.393 e. The lowest BCUT2D eigenvalue weighted by atomic mass is 10.0. The first-order valence-electron chi connectivity index (χ1n) is 9.82. The van der Waals surface area contributed by atoms with Gasteiger partial charge in [-0.15, -0.1) is 4.39 Å². The number of pyridine rings is 1. The maximum atomic E-state index is 14.8. The number of ether oxygens (including phenoxy) is 1. The van der Waals surface area contributed by atoms with Crippen LogP contribution < -0.4 is 0 Å². The van der Waals surface area contributed by atoms with Gasteiger partial charge >= 0.3 is 18.9 Å². The highest BCUT2D eigenvalue weighted by Gasteiger charge is 2.32. The van der Waals surface area contributed by atoms with Gasteiger partial charge in [-0.3, -0.25) is 9.20 Å². The second kappa shape index (κ2) is 9.40. The van der Waals surface area contributed by atoms with Crippen molar-refractivity contribution in [1.29, 1.82) is 0 Å². The van der Waals surface area contributed by atoms with E-state index in [4.69, 9.17) is 0 Å². The fourth-order valence-corrected chi connectivity index (χ4v) is 3.33. The number of hydrogen-bond donors (Lipinski definition) is 0. The molecule has 0 aliphatic heterocycles.